The largest absolute Gasteiger partial charge is 0.497 e. The molecule has 0 unspecified atom stereocenters. The second-order valence-electron chi connectivity index (χ2n) is 11.9. The van der Waals surface area contributed by atoms with Crippen LogP contribution in [0.3, 0.4) is 0 Å². The molecule has 1 aromatic rings. The van der Waals surface area contributed by atoms with Crippen LogP contribution in [0, 0.1) is 5.92 Å². The van der Waals surface area contributed by atoms with Crippen molar-refractivity contribution in [3.63, 3.8) is 0 Å². The quantitative estimate of drug-likeness (QED) is 0.337. The lowest BCUT2D eigenvalue weighted by Gasteiger charge is -2.28. The van der Waals surface area contributed by atoms with Gasteiger partial charge in [0.25, 0.3) is 0 Å². The van der Waals surface area contributed by atoms with Crippen LogP contribution >= 0.6 is 0 Å². The van der Waals surface area contributed by atoms with Gasteiger partial charge in [-0.3, -0.25) is 9.59 Å². The lowest BCUT2D eigenvalue weighted by Crippen LogP contribution is -2.57. The number of rotatable bonds is 12. The van der Waals surface area contributed by atoms with Gasteiger partial charge in [-0.1, -0.05) is 26.0 Å². The van der Waals surface area contributed by atoms with Gasteiger partial charge in [-0.2, -0.15) is 0 Å². The van der Waals surface area contributed by atoms with Gasteiger partial charge in [-0.15, -0.1) is 0 Å². The highest BCUT2D eigenvalue weighted by molar-refractivity contribution is 5.93. The number of methoxy groups -OCH3 is 1. The Morgan fingerprint density at radius 3 is 1.85 bits per heavy atom. The van der Waals surface area contributed by atoms with E-state index in [1.165, 1.54) is 6.92 Å². The molecule has 3 atom stereocenters. The van der Waals surface area contributed by atoms with Gasteiger partial charge in [0.1, 0.15) is 35.1 Å². The molecule has 0 aromatic heterocycles. The van der Waals surface area contributed by atoms with E-state index in [1.54, 1.807) is 62.5 Å². The Morgan fingerprint density at radius 1 is 0.795 bits per heavy atom. The number of ether oxygens (including phenoxy) is 3. The van der Waals surface area contributed by atoms with Crippen molar-refractivity contribution in [3.05, 3.63) is 29.8 Å². The monoisotopic (exact) mass is 549 g/mol. The van der Waals surface area contributed by atoms with Crippen LogP contribution in [0.2, 0.25) is 0 Å². The Labute approximate surface area is 232 Å². The SMILES string of the molecule is COc1ccc(CCC[C@H](NC(=O)[C@@H](NC(=O)[C@H](C)NC(=O)OC(C)(C)C)C(C)C)C(=O)OC(C)(C)C)cc1. The summed E-state index contributed by atoms with van der Waals surface area (Å²) in [6.45, 7) is 15.5. The summed E-state index contributed by atoms with van der Waals surface area (Å²) in [6.07, 6.45) is 0.920. The highest BCUT2D eigenvalue weighted by Gasteiger charge is 2.32. The smallest absolute Gasteiger partial charge is 0.408 e. The molecule has 3 N–H and O–H groups in total. The van der Waals surface area contributed by atoms with Crippen molar-refractivity contribution >= 4 is 23.9 Å². The molecule has 0 fully saturated rings. The van der Waals surface area contributed by atoms with Crippen LogP contribution in [0.5, 0.6) is 5.75 Å². The molecule has 0 spiro atoms. The van der Waals surface area contributed by atoms with Gasteiger partial charge in [-0.05, 0) is 91.3 Å². The van der Waals surface area contributed by atoms with Gasteiger partial charge in [0.15, 0.2) is 0 Å². The Morgan fingerprint density at radius 2 is 1.36 bits per heavy atom. The number of hydrogen-bond donors (Lipinski definition) is 3. The van der Waals surface area contributed by atoms with E-state index < -0.39 is 53.2 Å². The third-order valence-electron chi connectivity index (χ3n) is 5.50. The fourth-order valence-corrected chi connectivity index (χ4v) is 3.55. The Kier molecular flexibility index (Phi) is 12.8. The van der Waals surface area contributed by atoms with E-state index >= 15 is 0 Å². The molecule has 0 bridgehead atoms. The van der Waals surface area contributed by atoms with E-state index in [-0.39, 0.29) is 5.92 Å². The number of carbonyl (C=O) groups excluding carboxylic acids is 4. The number of esters is 1. The standard InChI is InChI=1S/C29H47N3O7/c1-18(2)23(32-24(33)19(3)30-27(36)39-29(7,8)9)25(34)31-22(26(35)38-28(4,5)6)13-11-12-20-14-16-21(37-10)17-15-20/h14-19,22-23H,11-13H2,1-10H3,(H,30,36)(H,31,34)(H,32,33)/t19-,22-,23-/m0/s1. The predicted molar refractivity (Wildman–Crippen MR) is 149 cm³/mol. The average molecular weight is 550 g/mol. The van der Waals surface area contributed by atoms with Crippen LogP contribution in [0.1, 0.15) is 80.7 Å². The van der Waals surface area contributed by atoms with Crippen LogP contribution in [0.4, 0.5) is 4.79 Å². The van der Waals surface area contributed by atoms with E-state index in [4.69, 9.17) is 14.2 Å². The van der Waals surface area contributed by atoms with Gasteiger partial charge < -0.3 is 30.2 Å². The summed E-state index contributed by atoms with van der Waals surface area (Å²) in [7, 11) is 1.61. The molecule has 0 aliphatic rings. The maximum Gasteiger partial charge on any atom is 0.408 e. The minimum atomic E-state index is -0.944. The molecule has 10 heteroatoms. The molecule has 0 saturated heterocycles. The van der Waals surface area contributed by atoms with E-state index in [9.17, 15) is 19.2 Å². The first-order chi connectivity index (χ1) is 17.9. The van der Waals surface area contributed by atoms with Crippen molar-refractivity contribution in [1.82, 2.24) is 16.0 Å². The number of carbonyl (C=O) groups is 4. The van der Waals surface area contributed by atoms with Crippen LogP contribution in [-0.2, 0) is 30.3 Å². The number of aryl methyl sites for hydroxylation is 1. The zero-order valence-corrected chi connectivity index (χ0v) is 25.1. The summed E-state index contributed by atoms with van der Waals surface area (Å²) in [4.78, 5) is 51.1. The number of alkyl carbamates (subject to hydrolysis) is 1. The summed E-state index contributed by atoms with van der Waals surface area (Å²) < 4.78 is 15.9. The molecule has 0 saturated carbocycles. The number of amides is 3. The Bertz CT molecular complexity index is 963. The highest BCUT2D eigenvalue weighted by atomic mass is 16.6. The van der Waals surface area contributed by atoms with Crippen molar-refractivity contribution in [1.29, 1.82) is 0 Å². The van der Waals surface area contributed by atoms with Crippen LogP contribution in [-0.4, -0.2) is 60.3 Å². The second-order valence-corrected chi connectivity index (χ2v) is 11.9. The summed E-state index contributed by atoms with van der Waals surface area (Å²) in [5, 5.41) is 7.93. The van der Waals surface area contributed by atoms with Crippen molar-refractivity contribution in [2.24, 2.45) is 5.92 Å². The third kappa shape index (κ3) is 13.4. The predicted octanol–water partition coefficient (Wildman–Crippen LogP) is 3.90. The fourth-order valence-electron chi connectivity index (χ4n) is 3.55. The van der Waals surface area contributed by atoms with Gasteiger partial charge in [0.2, 0.25) is 11.8 Å². The molecule has 0 aliphatic carbocycles. The molecule has 10 nitrogen and oxygen atoms in total. The third-order valence-corrected chi connectivity index (χ3v) is 5.50. The summed E-state index contributed by atoms with van der Waals surface area (Å²) in [5.41, 5.74) is -0.376. The summed E-state index contributed by atoms with van der Waals surface area (Å²) in [5.74, 6) is -1.14. The normalized spacial score (nSPS) is 14.0. The average Bonchev–Trinajstić information content (AvgIpc) is 2.79. The van der Waals surface area contributed by atoms with Crippen LogP contribution in [0.15, 0.2) is 24.3 Å². The first-order valence-electron chi connectivity index (χ1n) is 13.4. The minimum Gasteiger partial charge on any atom is -0.497 e. The number of nitrogens with one attached hydrogen (secondary N) is 3. The minimum absolute atomic E-state index is 0.290. The van der Waals surface area contributed by atoms with Gasteiger partial charge >= 0.3 is 12.1 Å². The molecular formula is C29H47N3O7. The summed E-state index contributed by atoms with van der Waals surface area (Å²) in [6, 6.07) is 4.87. The van der Waals surface area contributed by atoms with Gasteiger partial charge in [0, 0.05) is 0 Å². The zero-order chi connectivity index (χ0) is 30.0. The number of hydrogen-bond acceptors (Lipinski definition) is 7. The van der Waals surface area contributed by atoms with E-state index in [2.05, 4.69) is 16.0 Å². The van der Waals surface area contributed by atoms with E-state index in [0.29, 0.717) is 19.3 Å². The van der Waals surface area contributed by atoms with Crippen molar-refractivity contribution in [2.45, 2.75) is 111 Å². The van der Waals surface area contributed by atoms with Crippen LogP contribution < -0.4 is 20.7 Å². The Balaban J connectivity index is 2.90. The second kappa shape index (κ2) is 14.7. The summed E-state index contributed by atoms with van der Waals surface area (Å²) >= 11 is 0. The molecule has 3 amide bonds. The first kappa shape index (κ1) is 33.7. The number of benzene rings is 1. The van der Waals surface area contributed by atoms with Gasteiger partial charge in [0.05, 0.1) is 7.11 Å². The van der Waals surface area contributed by atoms with E-state index in [0.717, 1.165) is 11.3 Å². The molecule has 0 aliphatic heterocycles. The molecule has 39 heavy (non-hydrogen) atoms. The van der Waals surface area contributed by atoms with Crippen molar-refractivity contribution in [2.75, 3.05) is 7.11 Å². The van der Waals surface area contributed by atoms with Crippen molar-refractivity contribution < 1.29 is 33.4 Å². The van der Waals surface area contributed by atoms with Gasteiger partial charge in [-0.25, -0.2) is 9.59 Å². The lowest BCUT2D eigenvalue weighted by molar-refractivity contribution is -0.159. The van der Waals surface area contributed by atoms with Crippen molar-refractivity contribution in [3.8, 4) is 5.75 Å². The fraction of sp³-hybridized carbons (Fsp3) is 0.655. The first-order valence-corrected chi connectivity index (χ1v) is 13.4. The molecule has 1 aromatic carbocycles. The lowest BCUT2D eigenvalue weighted by atomic mass is 10.0. The zero-order valence-electron chi connectivity index (χ0n) is 25.1. The highest BCUT2D eigenvalue weighted by Crippen LogP contribution is 2.16. The molecule has 0 radical (unpaired) electrons. The molecule has 1 rings (SSSR count). The maximum absolute atomic E-state index is 13.3. The van der Waals surface area contributed by atoms with E-state index in [1.807, 2.05) is 24.3 Å². The van der Waals surface area contributed by atoms with Crippen LogP contribution in [0.25, 0.3) is 0 Å². The molecule has 0 heterocycles. The topological polar surface area (TPSA) is 132 Å². The maximum atomic E-state index is 13.3. The molecular weight excluding hydrogens is 502 g/mol. The molecule has 220 valence electrons. The Hall–Kier alpha value is -3.30.